The highest BCUT2D eigenvalue weighted by Crippen LogP contribution is 2.27. The number of carbonyl (C=O) groups is 2. The van der Waals surface area contributed by atoms with E-state index in [1.807, 2.05) is 0 Å². The molecule has 2 unspecified atom stereocenters. The molecule has 2 atom stereocenters. The van der Waals surface area contributed by atoms with Crippen molar-refractivity contribution in [1.82, 2.24) is 10.6 Å². The molecule has 0 aromatic heterocycles. The molecule has 0 radical (unpaired) electrons. The van der Waals surface area contributed by atoms with Crippen LogP contribution < -0.4 is 20.7 Å². The van der Waals surface area contributed by atoms with Crippen molar-refractivity contribution < 1.29 is 22.7 Å². The molecule has 2 aromatic carbocycles. The standard InChI is InChI=1S/C19H20ClN3O5S2/c1-28-15-8-7-12(9-14(15)20)22-17(24)11-29-19-21-10-16(18(25)23-19)30(26,27)13-5-3-2-4-6-13/h2-9,16,19,21H,10-11H2,1H3,(H,22,24)(H,23,25). The second kappa shape index (κ2) is 9.69. The van der Waals surface area contributed by atoms with E-state index in [1.54, 1.807) is 36.4 Å². The lowest BCUT2D eigenvalue weighted by Crippen LogP contribution is -2.59. The van der Waals surface area contributed by atoms with E-state index in [9.17, 15) is 18.0 Å². The largest absolute Gasteiger partial charge is 0.495 e. The molecule has 0 saturated carbocycles. The first-order valence-electron chi connectivity index (χ1n) is 8.89. The van der Waals surface area contributed by atoms with E-state index in [-0.39, 0.29) is 23.1 Å². The Morgan fingerprint density at radius 3 is 2.63 bits per heavy atom. The summed E-state index contributed by atoms with van der Waals surface area (Å²) in [6.45, 7) is -0.0452. The summed E-state index contributed by atoms with van der Waals surface area (Å²) >= 11 is 7.18. The number of sulfone groups is 1. The van der Waals surface area contributed by atoms with E-state index in [0.717, 1.165) is 11.8 Å². The van der Waals surface area contributed by atoms with Crippen LogP contribution in [-0.4, -0.2) is 50.4 Å². The summed E-state index contributed by atoms with van der Waals surface area (Å²) in [6.07, 6.45) is 0. The molecule has 1 fully saturated rings. The second-order valence-corrected chi connectivity index (χ2v) is 9.98. The second-order valence-electron chi connectivity index (χ2n) is 6.35. The van der Waals surface area contributed by atoms with E-state index in [4.69, 9.17) is 16.3 Å². The first-order chi connectivity index (χ1) is 14.3. The van der Waals surface area contributed by atoms with E-state index in [2.05, 4.69) is 16.0 Å². The maximum absolute atomic E-state index is 12.7. The minimum atomic E-state index is -3.80. The molecule has 1 saturated heterocycles. The van der Waals surface area contributed by atoms with Gasteiger partial charge in [-0.15, -0.1) is 11.8 Å². The number of anilines is 1. The molecule has 8 nitrogen and oxygen atoms in total. The Labute approximate surface area is 183 Å². The maximum Gasteiger partial charge on any atom is 0.241 e. The number of methoxy groups -OCH3 is 1. The Balaban J connectivity index is 1.52. The van der Waals surface area contributed by atoms with Crippen LogP contribution in [-0.2, 0) is 19.4 Å². The Morgan fingerprint density at radius 2 is 2.00 bits per heavy atom. The summed E-state index contributed by atoms with van der Waals surface area (Å²) in [6, 6.07) is 12.7. The molecule has 30 heavy (non-hydrogen) atoms. The van der Waals surface area contributed by atoms with Crippen LogP contribution >= 0.6 is 23.4 Å². The topological polar surface area (TPSA) is 114 Å². The SMILES string of the molecule is COc1ccc(NC(=O)CSC2NCC(S(=O)(=O)c3ccccc3)C(=O)N2)cc1Cl. The smallest absolute Gasteiger partial charge is 0.241 e. The average molecular weight is 470 g/mol. The Morgan fingerprint density at radius 1 is 1.27 bits per heavy atom. The van der Waals surface area contributed by atoms with Crippen molar-refractivity contribution in [2.45, 2.75) is 15.6 Å². The summed E-state index contributed by atoms with van der Waals surface area (Å²) in [5.74, 6) is -0.357. The highest BCUT2D eigenvalue weighted by molar-refractivity contribution is 8.00. The van der Waals surface area contributed by atoms with Gasteiger partial charge in [0.2, 0.25) is 11.8 Å². The lowest BCUT2D eigenvalue weighted by Gasteiger charge is -2.29. The molecule has 1 aliphatic rings. The van der Waals surface area contributed by atoms with Gasteiger partial charge < -0.3 is 15.4 Å². The van der Waals surface area contributed by atoms with Crippen LogP contribution in [0.3, 0.4) is 0 Å². The van der Waals surface area contributed by atoms with Crippen LogP contribution in [0.25, 0.3) is 0 Å². The van der Waals surface area contributed by atoms with Gasteiger partial charge in [-0.1, -0.05) is 29.8 Å². The van der Waals surface area contributed by atoms with E-state index < -0.39 is 26.5 Å². The van der Waals surface area contributed by atoms with Crippen LogP contribution in [0, 0.1) is 0 Å². The van der Waals surface area contributed by atoms with Crippen LogP contribution in [0.4, 0.5) is 5.69 Å². The third-order valence-corrected chi connectivity index (χ3v) is 7.72. The van der Waals surface area contributed by atoms with Gasteiger partial charge in [0.1, 0.15) is 11.2 Å². The summed E-state index contributed by atoms with van der Waals surface area (Å²) in [5.41, 5.74) is -0.0639. The molecule has 2 aromatic rings. The van der Waals surface area contributed by atoms with Crippen LogP contribution in [0.1, 0.15) is 0 Å². The monoisotopic (exact) mass is 469 g/mol. The van der Waals surface area contributed by atoms with Gasteiger partial charge in [-0.25, -0.2) is 8.42 Å². The van der Waals surface area contributed by atoms with Crippen molar-refractivity contribution in [3.05, 3.63) is 53.6 Å². The molecule has 0 aliphatic carbocycles. The molecular formula is C19H20ClN3O5S2. The Bertz CT molecular complexity index is 1030. The summed E-state index contributed by atoms with van der Waals surface area (Å²) < 4.78 is 30.4. The minimum Gasteiger partial charge on any atom is -0.495 e. The number of nitrogens with one attached hydrogen (secondary N) is 3. The zero-order valence-electron chi connectivity index (χ0n) is 15.9. The highest BCUT2D eigenvalue weighted by Gasteiger charge is 2.38. The summed E-state index contributed by atoms with van der Waals surface area (Å²) in [4.78, 5) is 24.6. The van der Waals surface area contributed by atoms with Gasteiger partial charge in [-0.05, 0) is 30.3 Å². The van der Waals surface area contributed by atoms with Crippen molar-refractivity contribution in [3.63, 3.8) is 0 Å². The third kappa shape index (κ3) is 5.25. The zero-order chi connectivity index (χ0) is 21.7. The normalized spacial score (nSPS) is 19.1. The average Bonchev–Trinajstić information content (AvgIpc) is 2.73. The highest BCUT2D eigenvalue weighted by atomic mass is 35.5. The van der Waals surface area contributed by atoms with Gasteiger partial charge in [0.25, 0.3) is 0 Å². The fourth-order valence-corrected chi connectivity index (χ4v) is 5.40. The van der Waals surface area contributed by atoms with Crippen molar-refractivity contribution >= 4 is 50.7 Å². The number of benzene rings is 2. The first kappa shape index (κ1) is 22.4. The fraction of sp³-hybridized carbons (Fsp3) is 0.263. The zero-order valence-corrected chi connectivity index (χ0v) is 18.3. The number of amides is 2. The molecule has 0 bridgehead atoms. The number of ether oxygens (including phenoxy) is 1. The summed E-state index contributed by atoms with van der Waals surface area (Å²) in [5, 5.41) is 7.40. The Hall–Kier alpha value is -2.27. The van der Waals surface area contributed by atoms with Crippen LogP contribution in [0.15, 0.2) is 53.4 Å². The van der Waals surface area contributed by atoms with E-state index >= 15 is 0 Å². The first-order valence-corrected chi connectivity index (χ1v) is 11.9. The fourth-order valence-electron chi connectivity index (χ4n) is 2.81. The van der Waals surface area contributed by atoms with Crippen molar-refractivity contribution in [2.75, 3.05) is 24.7 Å². The van der Waals surface area contributed by atoms with Gasteiger partial charge in [0, 0.05) is 12.2 Å². The molecule has 3 N–H and O–H groups in total. The number of carbonyl (C=O) groups excluding carboxylic acids is 2. The molecule has 0 spiro atoms. The predicted molar refractivity (Wildman–Crippen MR) is 116 cm³/mol. The van der Waals surface area contributed by atoms with Gasteiger partial charge >= 0.3 is 0 Å². The molecule has 11 heteroatoms. The number of thioether (sulfide) groups is 1. The lowest BCUT2D eigenvalue weighted by atomic mass is 10.3. The molecule has 1 aliphatic heterocycles. The van der Waals surface area contributed by atoms with Gasteiger partial charge in [-0.2, -0.15) is 0 Å². The molecule has 2 amide bonds. The minimum absolute atomic E-state index is 0.0394. The van der Waals surface area contributed by atoms with Crippen LogP contribution in [0.2, 0.25) is 5.02 Å². The lowest BCUT2D eigenvalue weighted by molar-refractivity contribution is -0.122. The number of rotatable bonds is 7. The molecule has 1 heterocycles. The quantitative estimate of drug-likeness (QED) is 0.567. The number of halogens is 1. The van der Waals surface area contributed by atoms with E-state index in [0.29, 0.717) is 16.5 Å². The predicted octanol–water partition coefficient (Wildman–Crippen LogP) is 1.87. The summed E-state index contributed by atoms with van der Waals surface area (Å²) in [7, 11) is -2.31. The number of hydrogen-bond acceptors (Lipinski definition) is 7. The third-order valence-electron chi connectivity index (χ3n) is 4.32. The van der Waals surface area contributed by atoms with Crippen molar-refractivity contribution in [1.29, 1.82) is 0 Å². The van der Waals surface area contributed by atoms with Gasteiger partial charge in [-0.3, -0.25) is 14.9 Å². The molecular weight excluding hydrogens is 450 g/mol. The van der Waals surface area contributed by atoms with Crippen LogP contribution in [0.5, 0.6) is 5.75 Å². The van der Waals surface area contributed by atoms with Gasteiger partial charge in [0.15, 0.2) is 15.1 Å². The maximum atomic E-state index is 12.7. The van der Waals surface area contributed by atoms with Gasteiger partial charge in [0.05, 0.1) is 22.8 Å². The van der Waals surface area contributed by atoms with Crippen molar-refractivity contribution in [2.24, 2.45) is 0 Å². The molecule has 160 valence electrons. The Kier molecular flexibility index (Phi) is 7.24. The molecule has 3 rings (SSSR count). The van der Waals surface area contributed by atoms with E-state index in [1.165, 1.54) is 19.2 Å². The number of hydrogen-bond donors (Lipinski definition) is 3. The van der Waals surface area contributed by atoms with Crippen molar-refractivity contribution in [3.8, 4) is 5.75 Å².